The number of ether oxygens (including phenoxy) is 1. The Balaban J connectivity index is 1.98. The average molecular weight is 426 g/mol. The minimum atomic E-state index is -0.814. The average Bonchev–Trinajstić information content (AvgIpc) is 2.98. The molecular weight excluding hydrogens is 412 g/mol. The fraction of sp³-hybridized carbons (Fsp3) is 0.235. The zero-order valence-corrected chi connectivity index (χ0v) is 14.9. The van der Waals surface area contributed by atoms with Crippen molar-refractivity contribution in [3.05, 3.63) is 62.0 Å². The molecule has 0 aliphatic carbocycles. The summed E-state index contributed by atoms with van der Waals surface area (Å²) in [6.07, 6.45) is 1.29. The molecule has 0 radical (unpaired) electrons. The van der Waals surface area contributed by atoms with Gasteiger partial charge in [-0.25, -0.2) is 0 Å². The van der Waals surface area contributed by atoms with Crippen LogP contribution in [-0.2, 0) is 17.6 Å². The van der Waals surface area contributed by atoms with Gasteiger partial charge in [0, 0.05) is 10.9 Å². The van der Waals surface area contributed by atoms with Crippen molar-refractivity contribution < 1.29 is 14.6 Å². The molecule has 0 amide bonds. The zero-order chi connectivity index (χ0) is 15.7. The van der Waals surface area contributed by atoms with Gasteiger partial charge in [0.05, 0.1) is 17.0 Å². The predicted octanol–water partition coefficient (Wildman–Crippen LogP) is 4.56. The molecule has 0 fully saturated rings. The van der Waals surface area contributed by atoms with Crippen molar-refractivity contribution in [1.82, 2.24) is 0 Å². The van der Waals surface area contributed by atoms with Gasteiger partial charge in [-0.3, -0.25) is 4.79 Å². The molecular formula is C17H14Br2O3. The number of aliphatic carboxylic acids is 1. The fourth-order valence-corrected chi connectivity index (χ4v) is 3.81. The summed E-state index contributed by atoms with van der Waals surface area (Å²) < 4.78 is 7.35. The predicted molar refractivity (Wildman–Crippen MR) is 91.6 cm³/mol. The lowest BCUT2D eigenvalue weighted by atomic mass is 9.91. The summed E-state index contributed by atoms with van der Waals surface area (Å²) in [5.41, 5.74) is 2.92. The number of carboxylic acids is 1. The number of carbonyl (C=O) groups is 1. The van der Waals surface area contributed by atoms with Gasteiger partial charge in [-0.15, -0.1) is 0 Å². The lowest BCUT2D eigenvalue weighted by molar-refractivity contribution is -0.138. The third-order valence-electron chi connectivity index (χ3n) is 3.86. The van der Waals surface area contributed by atoms with E-state index in [0.717, 1.165) is 37.8 Å². The Morgan fingerprint density at radius 3 is 2.64 bits per heavy atom. The molecule has 3 nitrogen and oxygen atoms in total. The monoisotopic (exact) mass is 424 g/mol. The van der Waals surface area contributed by atoms with Crippen molar-refractivity contribution in [2.75, 3.05) is 6.61 Å². The molecule has 22 heavy (non-hydrogen) atoms. The maximum Gasteiger partial charge on any atom is 0.311 e. The van der Waals surface area contributed by atoms with Crippen molar-refractivity contribution >= 4 is 37.8 Å². The van der Waals surface area contributed by atoms with Crippen molar-refractivity contribution in [2.24, 2.45) is 0 Å². The summed E-state index contributed by atoms with van der Waals surface area (Å²) >= 11 is 7.11. The first-order valence-corrected chi connectivity index (χ1v) is 8.57. The maximum atomic E-state index is 11.7. The number of fused-ring (bicyclic) bond motifs is 1. The molecule has 2 aromatic carbocycles. The van der Waals surface area contributed by atoms with Gasteiger partial charge in [0.2, 0.25) is 0 Å². The SMILES string of the molecule is O=C(O)C(Cc1cc2c(c(Br)c1Br)OCC2)c1ccccc1. The first-order valence-electron chi connectivity index (χ1n) is 6.98. The summed E-state index contributed by atoms with van der Waals surface area (Å²) in [4.78, 5) is 11.7. The molecule has 1 aliphatic rings. The third kappa shape index (κ3) is 2.92. The number of halogens is 2. The minimum Gasteiger partial charge on any atom is -0.492 e. The second-order valence-corrected chi connectivity index (χ2v) is 6.84. The van der Waals surface area contributed by atoms with Crippen LogP contribution in [0.4, 0.5) is 0 Å². The second kappa shape index (κ2) is 6.42. The van der Waals surface area contributed by atoms with E-state index in [1.54, 1.807) is 0 Å². The van der Waals surface area contributed by atoms with E-state index >= 15 is 0 Å². The first kappa shape index (κ1) is 15.6. The van der Waals surface area contributed by atoms with E-state index in [1.165, 1.54) is 0 Å². The summed E-state index contributed by atoms with van der Waals surface area (Å²) in [6, 6.07) is 11.4. The van der Waals surface area contributed by atoms with E-state index in [-0.39, 0.29) is 0 Å². The molecule has 1 N–H and O–H groups in total. The quantitative estimate of drug-likeness (QED) is 0.781. The van der Waals surface area contributed by atoms with Gasteiger partial charge in [0.25, 0.3) is 0 Å². The Morgan fingerprint density at radius 2 is 1.95 bits per heavy atom. The highest BCUT2D eigenvalue weighted by atomic mass is 79.9. The number of carboxylic acid groups (broad SMARTS) is 1. The third-order valence-corrected chi connectivity index (χ3v) is 6.05. The van der Waals surface area contributed by atoms with Crippen LogP contribution in [-0.4, -0.2) is 17.7 Å². The summed E-state index contributed by atoms with van der Waals surface area (Å²) in [7, 11) is 0. The Labute approximate surface area is 145 Å². The lowest BCUT2D eigenvalue weighted by Gasteiger charge is -2.16. The van der Waals surface area contributed by atoms with E-state index < -0.39 is 11.9 Å². The van der Waals surface area contributed by atoms with E-state index in [1.807, 2.05) is 30.3 Å². The fourth-order valence-electron chi connectivity index (χ4n) is 2.73. The van der Waals surface area contributed by atoms with Gasteiger partial charge in [0.1, 0.15) is 5.75 Å². The Hall–Kier alpha value is -1.33. The van der Waals surface area contributed by atoms with Gasteiger partial charge < -0.3 is 9.84 Å². The van der Waals surface area contributed by atoms with E-state index in [0.29, 0.717) is 13.0 Å². The van der Waals surface area contributed by atoms with Crippen LogP contribution in [0, 0.1) is 0 Å². The topological polar surface area (TPSA) is 46.5 Å². The van der Waals surface area contributed by atoms with Crippen LogP contribution in [0.15, 0.2) is 45.3 Å². The molecule has 3 rings (SSSR count). The lowest BCUT2D eigenvalue weighted by Crippen LogP contribution is -2.15. The highest BCUT2D eigenvalue weighted by Crippen LogP contribution is 2.42. The molecule has 0 bridgehead atoms. The number of hydrogen-bond donors (Lipinski definition) is 1. The Kier molecular flexibility index (Phi) is 4.54. The van der Waals surface area contributed by atoms with Crippen LogP contribution in [0.1, 0.15) is 22.6 Å². The van der Waals surface area contributed by atoms with Crippen molar-refractivity contribution in [3.8, 4) is 5.75 Å². The van der Waals surface area contributed by atoms with Gasteiger partial charge in [-0.1, -0.05) is 36.4 Å². The van der Waals surface area contributed by atoms with Crippen molar-refractivity contribution in [2.45, 2.75) is 18.8 Å². The van der Waals surface area contributed by atoms with Gasteiger partial charge in [-0.2, -0.15) is 0 Å². The molecule has 1 heterocycles. The van der Waals surface area contributed by atoms with Gasteiger partial charge in [-0.05, 0) is 55.0 Å². The molecule has 0 saturated carbocycles. The normalized spacial score (nSPS) is 14.3. The van der Waals surface area contributed by atoms with Crippen molar-refractivity contribution in [1.29, 1.82) is 0 Å². The number of rotatable bonds is 4. The van der Waals surface area contributed by atoms with E-state index in [4.69, 9.17) is 4.74 Å². The number of hydrogen-bond acceptors (Lipinski definition) is 2. The molecule has 1 unspecified atom stereocenters. The molecule has 114 valence electrons. The van der Waals surface area contributed by atoms with Crippen LogP contribution in [0.5, 0.6) is 5.75 Å². The zero-order valence-electron chi connectivity index (χ0n) is 11.7. The molecule has 1 aliphatic heterocycles. The Bertz CT molecular complexity index is 714. The highest BCUT2D eigenvalue weighted by Gasteiger charge is 2.25. The van der Waals surface area contributed by atoms with Crippen molar-refractivity contribution in [3.63, 3.8) is 0 Å². The summed E-state index contributed by atoms with van der Waals surface area (Å²) in [5, 5.41) is 9.59. The summed E-state index contributed by atoms with van der Waals surface area (Å²) in [5.74, 6) is -0.516. The van der Waals surface area contributed by atoms with Crippen LogP contribution < -0.4 is 4.74 Å². The van der Waals surface area contributed by atoms with Gasteiger partial charge >= 0.3 is 5.97 Å². The molecule has 0 saturated heterocycles. The Morgan fingerprint density at radius 1 is 1.23 bits per heavy atom. The largest absolute Gasteiger partial charge is 0.492 e. The first-order chi connectivity index (χ1) is 10.6. The highest BCUT2D eigenvalue weighted by molar-refractivity contribution is 9.13. The van der Waals surface area contributed by atoms with Crippen LogP contribution >= 0.6 is 31.9 Å². The van der Waals surface area contributed by atoms with Crippen LogP contribution in [0.2, 0.25) is 0 Å². The van der Waals surface area contributed by atoms with E-state index in [2.05, 4.69) is 37.9 Å². The molecule has 1 atom stereocenters. The van der Waals surface area contributed by atoms with Gasteiger partial charge in [0.15, 0.2) is 0 Å². The molecule has 2 aromatic rings. The summed E-state index contributed by atoms with van der Waals surface area (Å²) in [6.45, 7) is 0.671. The van der Waals surface area contributed by atoms with E-state index in [9.17, 15) is 9.90 Å². The molecule has 5 heteroatoms. The molecule has 0 spiro atoms. The number of benzene rings is 2. The smallest absolute Gasteiger partial charge is 0.311 e. The standard InChI is InChI=1S/C17H14Br2O3/c18-14-12(8-11-6-7-22-16(11)15(14)19)9-13(17(20)21)10-4-2-1-3-5-10/h1-5,8,13H,6-7,9H2,(H,20,21). The minimum absolute atomic E-state index is 0.436. The molecule has 0 aromatic heterocycles. The van der Waals surface area contributed by atoms with Crippen LogP contribution in [0.3, 0.4) is 0 Å². The maximum absolute atomic E-state index is 11.7. The van der Waals surface area contributed by atoms with Crippen LogP contribution in [0.25, 0.3) is 0 Å². The second-order valence-electron chi connectivity index (χ2n) is 5.26.